The van der Waals surface area contributed by atoms with Gasteiger partial charge in [0.15, 0.2) is 0 Å². The number of rotatable bonds is 3. The van der Waals surface area contributed by atoms with Crippen LogP contribution in [0, 0.1) is 0 Å². The molecule has 110 valence electrons. The first-order chi connectivity index (χ1) is 9.34. The van der Waals surface area contributed by atoms with E-state index in [-0.39, 0.29) is 0 Å². The molecular weight excluding hydrogens is 258 g/mol. The number of hydrogen-bond donors (Lipinski definition) is 1. The second-order valence-corrected chi connectivity index (χ2v) is 7.23. The topological polar surface area (TPSA) is 41.7 Å². The summed E-state index contributed by atoms with van der Waals surface area (Å²) in [7, 11) is 0. The molecule has 3 rings (SSSR count). The van der Waals surface area contributed by atoms with Crippen LogP contribution in [0.2, 0.25) is 0 Å². The molecule has 3 aliphatic rings. The Bertz CT molecular complexity index is 290. The molecular formula is C14H27N3OS. The van der Waals surface area contributed by atoms with E-state index >= 15 is 0 Å². The van der Waals surface area contributed by atoms with Gasteiger partial charge in [0.05, 0.1) is 13.2 Å². The molecule has 5 heteroatoms. The van der Waals surface area contributed by atoms with Gasteiger partial charge in [0.1, 0.15) is 0 Å². The lowest BCUT2D eigenvalue weighted by atomic mass is 9.93. The third-order valence-corrected chi connectivity index (χ3v) is 6.40. The van der Waals surface area contributed by atoms with Crippen LogP contribution >= 0.6 is 11.8 Å². The molecule has 3 fully saturated rings. The highest BCUT2D eigenvalue weighted by Crippen LogP contribution is 2.34. The number of likely N-dealkylation sites (tertiary alicyclic amines) is 1. The molecule has 0 aromatic rings. The maximum atomic E-state index is 6.15. The molecule has 0 bridgehead atoms. The van der Waals surface area contributed by atoms with Crippen molar-refractivity contribution in [1.29, 1.82) is 0 Å². The first kappa shape index (κ1) is 14.1. The fraction of sp³-hybridized carbons (Fsp3) is 1.00. The third kappa shape index (κ3) is 2.95. The standard InChI is InChI=1S/C14H27N3OS/c15-11-14(3-1-9-19-12-14)17-4-2-13(10-17)16-5-7-18-8-6-16/h13H,1-12,15H2. The Morgan fingerprint density at radius 3 is 2.79 bits per heavy atom. The monoisotopic (exact) mass is 285 g/mol. The summed E-state index contributed by atoms with van der Waals surface area (Å²) < 4.78 is 5.46. The average Bonchev–Trinajstić information content (AvgIpc) is 2.99. The van der Waals surface area contributed by atoms with Crippen molar-refractivity contribution in [1.82, 2.24) is 9.80 Å². The summed E-state index contributed by atoms with van der Waals surface area (Å²) >= 11 is 2.09. The van der Waals surface area contributed by atoms with Gasteiger partial charge in [-0.05, 0) is 25.0 Å². The van der Waals surface area contributed by atoms with Gasteiger partial charge in [0, 0.05) is 50.1 Å². The Balaban J connectivity index is 1.60. The van der Waals surface area contributed by atoms with Gasteiger partial charge in [0.2, 0.25) is 0 Å². The maximum Gasteiger partial charge on any atom is 0.0594 e. The highest BCUT2D eigenvalue weighted by atomic mass is 32.2. The van der Waals surface area contributed by atoms with Gasteiger partial charge in [-0.1, -0.05) is 0 Å². The molecule has 3 saturated heterocycles. The van der Waals surface area contributed by atoms with Gasteiger partial charge in [-0.15, -0.1) is 0 Å². The molecule has 2 atom stereocenters. The van der Waals surface area contributed by atoms with Gasteiger partial charge < -0.3 is 10.5 Å². The van der Waals surface area contributed by atoms with E-state index in [1.54, 1.807) is 0 Å². The summed E-state index contributed by atoms with van der Waals surface area (Å²) in [5.74, 6) is 2.56. The Morgan fingerprint density at radius 2 is 2.11 bits per heavy atom. The molecule has 0 aliphatic carbocycles. The smallest absolute Gasteiger partial charge is 0.0594 e. The van der Waals surface area contributed by atoms with Crippen molar-refractivity contribution in [3.8, 4) is 0 Å². The number of hydrogen-bond acceptors (Lipinski definition) is 5. The molecule has 3 aliphatic heterocycles. The van der Waals surface area contributed by atoms with E-state index in [2.05, 4.69) is 21.6 Å². The van der Waals surface area contributed by atoms with Gasteiger partial charge in [-0.2, -0.15) is 11.8 Å². The number of ether oxygens (including phenoxy) is 1. The van der Waals surface area contributed by atoms with Crippen LogP contribution in [0.3, 0.4) is 0 Å². The van der Waals surface area contributed by atoms with Gasteiger partial charge in [0.25, 0.3) is 0 Å². The molecule has 0 spiro atoms. The van der Waals surface area contributed by atoms with Crippen LogP contribution in [0.1, 0.15) is 19.3 Å². The normalized spacial score (nSPS) is 38.7. The number of thioether (sulfide) groups is 1. The summed E-state index contributed by atoms with van der Waals surface area (Å²) in [4.78, 5) is 5.34. The first-order valence-corrected chi connectivity index (χ1v) is 8.84. The van der Waals surface area contributed by atoms with E-state index in [1.165, 1.54) is 43.9 Å². The largest absolute Gasteiger partial charge is 0.379 e. The lowest BCUT2D eigenvalue weighted by molar-refractivity contribution is 0.0152. The quantitative estimate of drug-likeness (QED) is 0.823. The zero-order valence-corrected chi connectivity index (χ0v) is 12.7. The SMILES string of the molecule is NCC1(N2CCC(N3CCOCC3)C2)CCCSC1. The van der Waals surface area contributed by atoms with Crippen LogP contribution in [-0.4, -0.2) is 78.8 Å². The number of morpholine rings is 1. The van der Waals surface area contributed by atoms with Crippen LogP contribution in [0.15, 0.2) is 0 Å². The molecule has 0 saturated carbocycles. The number of nitrogens with zero attached hydrogens (tertiary/aromatic N) is 2. The Labute approximate surface area is 121 Å². The van der Waals surface area contributed by atoms with Crippen LogP contribution < -0.4 is 5.73 Å². The van der Waals surface area contributed by atoms with Gasteiger partial charge >= 0.3 is 0 Å². The second-order valence-electron chi connectivity index (χ2n) is 6.12. The average molecular weight is 285 g/mol. The van der Waals surface area contributed by atoms with Crippen molar-refractivity contribution in [2.75, 3.05) is 57.4 Å². The predicted molar refractivity (Wildman–Crippen MR) is 80.7 cm³/mol. The van der Waals surface area contributed by atoms with Crippen molar-refractivity contribution in [2.45, 2.75) is 30.8 Å². The van der Waals surface area contributed by atoms with Crippen molar-refractivity contribution < 1.29 is 4.74 Å². The van der Waals surface area contributed by atoms with Crippen molar-refractivity contribution in [2.24, 2.45) is 5.73 Å². The minimum Gasteiger partial charge on any atom is -0.379 e. The molecule has 0 amide bonds. The van der Waals surface area contributed by atoms with Crippen molar-refractivity contribution in [3.63, 3.8) is 0 Å². The molecule has 3 heterocycles. The summed E-state index contributed by atoms with van der Waals surface area (Å²) in [6.45, 7) is 7.34. The van der Waals surface area contributed by atoms with Crippen LogP contribution in [0.5, 0.6) is 0 Å². The minimum atomic E-state index is 0.296. The lowest BCUT2D eigenvalue weighted by Gasteiger charge is -2.44. The molecule has 2 N–H and O–H groups in total. The summed E-state index contributed by atoms with van der Waals surface area (Å²) in [6, 6.07) is 0.735. The summed E-state index contributed by atoms with van der Waals surface area (Å²) in [6.07, 6.45) is 3.94. The molecule has 2 unspecified atom stereocenters. The highest BCUT2D eigenvalue weighted by Gasteiger charge is 2.41. The zero-order chi connectivity index (χ0) is 13.1. The van der Waals surface area contributed by atoms with E-state index < -0.39 is 0 Å². The number of nitrogens with two attached hydrogens (primary N) is 1. The van der Waals surface area contributed by atoms with Crippen LogP contribution in [-0.2, 0) is 4.74 Å². The van der Waals surface area contributed by atoms with Gasteiger partial charge in [-0.25, -0.2) is 0 Å². The van der Waals surface area contributed by atoms with E-state index in [0.29, 0.717) is 5.54 Å². The van der Waals surface area contributed by atoms with Crippen molar-refractivity contribution >= 4 is 11.8 Å². The maximum absolute atomic E-state index is 6.15. The molecule has 0 radical (unpaired) electrons. The third-order valence-electron chi connectivity index (χ3n) is 5.08. The predicted octanol–water partition coefficient (Wildman–Crippen LogP) is 0.617. The van der Waals surface area contributed by atoms with E-state index in [1.807, 2.05) is 0 Å². The Morgan fingerprint density at radius 1 is 1.26 bits per heavy atom. The van der Waals surface area contributed by atoms with E-state index in [4.69, 9.17) is 10.5 Å². The molecule has 19 heavy (non-hydrogen) atoms. The highest BCUT2D eigenvalue weighted by molar-refractivity contribution is 7.99. The fourth-order valence-electron chi connectivity index (χ4n) is 3.79. The Hall–Kier alpha value is 0.190. The summed E-state index contributed by atoms with van der Waals surface area (Å²) in [5, 5.41) is 0. The fourth-order valence-corrected chi connectivity index (χ4v) is 5.11. The van der Waals surface area contributed by atoms with E-state index in [9.17, 15) is 0 Å². The lowest BCUT2D eigenvalue weighted by Crippen LogP contribution is -2.57. The van der Waals surface area contributed by atoms with Crippen LogP contribution in [0.25, 0.3) is 0 Å². The molecule has 0 aromatic carbocycles. The van der Waals surface area contributed by atoms with Gasteiger partial charge in [-0.3, -0.25) is 9.80 Å². The van der Waals surface area contributed by atoms with Crippen molar-refractivity contribution in [3.05, 3.63) is 0 Å². The first-order valence-electron chi connectivity index (χ1n) is 7.69. The van der Waals surface area contributed by atoms with Crippen LogP contribution in [0.4, 0.5) is 0 Å². The Kier molecular flexibility index (Phi) is 4.70. The van der Waals surface area contributed by atoms with E-state index in [0.717, 1.165) is 38.9 Å². The zero-order valence-electron chi connectivity index (χ0n) is 11.9. The minimum absolute atomic E-state index is 0.296. The molecule has 4 nitrogen and oxygen atoms in total. The molecule has 0 aromatic heterocycles. The second kappa shape index (κ2) is 6.31. The summed E-state index contributed by atoms with van der Waals surface area (Å²) in [5.41, 5.74) is 6.45.